The summed E-state index contributed by atoms with van der Waals surface area (Å²) in [5.74, 6) is 1.55. The van der Waals surface area contributed by atoms with Crippen molar-refractivity contribution in [2.24, 2.45) is 5.73 Å². The molecule has 0 saturated heterocycles. The van der Waals surface area contributed by atoms with Crippen LogP contribution in [0.1, 0.15) is 5.56 Å². The minimum atomic E-state index is 0.510. The smallest absolute Gasteiger partial charge is 0.123 e. The fraction of sp³-hybridized carbons (Fsp3) is 0.200. The van der Waals surface area contributed by atoms with Crippen molar-refractivity contribution in [3.8, 4) is 22.6 Å². The van der Waals surface area contributed by atoms with Gasteiger partial charge < -0.3 is 15.2 Å². The third kappa shape index (κ3) is 2.46. The van der Waals surface area contributed by atoms with Gasteiger partial charge in [0.05, 0.1) is 14.2 Å². The minimum absolute atomic E-state index is 0.510. The van der Waals surface area contributed by atoms with Crippen LogP contribution in [0.15, 0.2) is 42.5 Å². The summed E-state index contributed by atoms with van der Waals surface area (Å²) >= 11 is 0. The first kappa shape index (κ1) is 12.5. The molecule has 2 aromatic rings. The molecule has 0 atom stereocenters. The summed E-state index contributed by atoms with van der Waals surface area (Å²) in [6, 6.07) is 13.9. The van der Waals surface area contributed by atoms with E-state index in [1.54, 1.807) is 14.2 Å². The van der Waals surface area contributed by atoms with E-state index in [1.807, 2.05) is 36.4 Å². The van der Waals surface area contributed by atoms with E-state index in [0.717, 1.165) is 28.2 Å². The molecule has 3 nitrogen and oxygen atoms in total. The lowest BCUT2D eigenvalue weighted by atomic mass is 9.99. The van der Waals surface area contributed by atoms with E-state index in [2.05, 4.69) is 6.07 Å². The Balaban J connectivity index is 2.55. The van der Waals surface area contributed by atoms with E-state index in [-0.39, 0.29) is 0 Å². The van der Waals surface area contributed by atoms with Crippen LogP contribution < -0.4 is 15.2 Å². The largest absolute Gasteiger partial charge is 0.497 e. The number of ether oxygens (including phenoxy) is 2. The van der Waals surface area contributed by atoms with Crippen molar-refractivity contribution < 1.29 is 9.47 Å². The molecule has 0 aliphatic carbocycles. The molecule has 2 rings (SSSR count). The highest BCUT2D eigenvalue weighted by atomic mass is 16.5. The predicted molar refractivity (Wildman–Crippen MR) is 72.9 cm³/mol. The molecule has 0 radical (unpaired) electrons. The highest BCUT2D eigenvalue weighted by Gasteiger charge is 2.07. The van der Waals surface area contributed by atoms with E-state index in [1.165, 1.54) is 0 Å². The van der Waals surface area contributed by atoms with Gasteiger partial charge in [-0.3, -0.25) is 0 Å². The molecule has 3 heteroatoms. The first-order valence-corrected chi connectivity index (χ1v) is 5.80. The second kappa shape index (κ2) is 5.56. The lowest BCUT2D eigenvalue weighted by Crippen LogP contribution is -1.99. The van der Waals surface area contributed by atoms with E-state index in [0.29, 0.717) is 6.54 Å². The summed E-state index contributed by atoms with van der Waals surface area (Å²) in [4.78, 5) is 0. The Morgan fingerprint density at radius 3 is 2.11 bits per heavy atom. The summed E-state index contributed by atoms with van der Waals surface area (Å²) < 4.78 is 10.6. The van der Waals surface area contributed by atoms with Gasteiger partial charge in [-0.1, -0.05) is 24.3 Å². The Hall–Kier alpha value is -2.00. The summed E-state index contributed by atoms with van der Waals surface area (Å²) in [7, 11) is 3.29. The van der Waals surface area contributed by atoms with E-state index in [9.17, 15) is 0 Å². The van der Waals surface area contributed by atoms with Gasteiger partial charge in [0.1, 0.15) is 11.5 Å². The molecule has 0 heterocycles. The molecular formula is C15H17NO2. The molecule has 2 N–H and O–H groups in total. The maximum Gasteiger partial charge on any atom is 0.123 e. The van der Waals surface area contributed by atoms with E-state index in [4.69, 9.17) is 15.2 Å². The van der Waals surface area contributed by atoms with Crippen molar-refractivity contribution in [2.45, 2.75) is 6.54 Å². The second-order valence-electron chi connectivity index (χ2n) is 3.96. The molecule has 94 valence electrons. The molecule has 0 aromatic heterocycles. The Morgan fingerprint density at radius 1 is 0.944 bits per heavy atom. The van der Waals surface area contributed by atoms with Gasteiger partial charge in [0.25, 0.3) is 0 Å². The third-order valence-corrected chi connectivity index (χ3v) is 2.90. The summed E-state index contributed by atoms with van der Waals surface area (Å²) in [6.07, 6.45) is 0. The highest BCUT2D eigenvalue weighted by Crippen LogP contribution is 2.31. The van der Waals surface area contributed by atoms with Gasteiger partial charge in [0.15, 0.2) is 0 Å². The van der Waals surface area contributed by atoms with Crippen LogP contribution in [0.3, 0.4) is 0 Å². The van der Waals surface area contributed by atoms with Crippen LogP contribution in [0.25, 0.3) is 11.1 Å². The molecular weight excluding hydrogens is 226 g/mol. The lowest BCUT2D eigenvalue weighted by molar-refractivity contribution is 0.394. The quantitative estimate of drug-likeness (QED) is 0.898. The Morgan fingerprint density at radius 2 is 1.56 bits per heavy atom. The van der Waals surface area contributed by atoms with E-state index < -0.39 is 0 Å². The average Bonchev–Trinajstić information content (AvgIpc) is 2.46. The zero-order valence-corrected chi connectivity index (χ0v) is 10.6. The molecule has 0 aliphatic rings. The van der Waals surface area contributed by atoms with Crippen LogP contribution in [-0.4, -0.2) is 14.2 Å². The molecule has 18 heavy (non-hydrogen) atoms. The molecule has 0 saturated carbocycles. The average molecular weight is 243 g/mol. The molecule has 0 bridgehead atoms. The fourth-order valence-electron chi connectivity index (χ4n) is 1.94. The maximum absolute atomic E-state index is 5.77. The van der Waals surface area contributed by atoms with Gasteiger partial charge in [0.2, 0.25) is 0 Å². The molecule has 0 unspecified atom stereocenters. The summed E-state index contributed by atoms with van der Waals surface area (Å²) in [5, 5.41) is 0. The SMILES string of the molecule is COc1cc(OC)cc(-c2ccccc2CN)c1. The Labute approximate surface area is 107 Å². The van der Waals surface area contributed by atoms with Gasteiger partial charge in [-0.2, -0.15) is 0 Å². The molecule has 0 spiro atoms. The van der Waals surface area contributed by atoms with Crippen LogP contribution in [-0.2, 0) is 6.54 Å². The number of hydrogen-bond donors (Lipinski definition) is 1. The number of hydrogen-bond acceptors (Lipinski definition) is 3. The van der Waals surface area contributed by atoms with E-state index >= 15 is 0 Å². The Kier molecular flexibility index (Phi) is 3.85. The van der Waals surface area contributed by atoms with Crippen molar-refractivity contribution in [1.29, 1.82) is 0 Å². The van der Waals surface area contributed by atoms with Crippen molar-refractivity contribution in [3.05, 3.63) is 48.0 Å². The van der Waals surface area contributed by atoms with Crippen molar-refractivity contribution >= 4 is 0 Å². The molecule has 0 amide bonds. The van der Waals surface area contributed by atoms with Crippen molar-refractivity contribution in [2.75, 3.05) is 14.2 Å². The number of rotatable bonds is 4. The first-order chi connectivity index (χ1) is 8.78. The topological polar surface area (TPSA) is 44.5 Å². The van der Waals surface area contributed by atoms with Gasteiger partial charge in [-0.15, -0.1) is 0 Å². The monoisotopic (exact) mass is 243 g/mol. The molecule has 0 fully saturated rings. The predicted octanol–water partition coefficient (Wildman–Crippen LogP) is 2.83. The fourth-order valence-corrected chi connectivity index (χ4v) is 1.94. The number of methoxy groups -OCH3 is 2. The van der Waals surface area contributed by atoms with Crippen LogP contribution in [0, 0.1) is 0 Å². The van der Waals surface area contributed by atoms with Crippen molar-refractivity contribution in [3.63, 3.8) is 0 Å². The van der Waals surface area contributed by atoms with Gasteiger partial charge >= 0.3 is 0 Å². The third-order valence-electron chi connectivity index (χ3n) is 2.90. The first-order valence-electron chi connectivity index (χ1n) is 5.80. The lowest BCUT2D eigenvalue weighted by Gasteiger charge is -2.11. The van der Waals surface area contributed by atoms with Gasteiger partial charge in [-0.05, 0) is 28.8 Å². The maximum atomic E-state index is 5.77. The molecule has 2 aromatic carbocycles. The van der Waals surface area contributed by atoms with Crippen LogP contribution in [0.2, 0.25) is 0 Å². The Bertz CT molecular complexity index is 516. The van der Waals surface area contributed by atoms with Crippen LogP contribution in [0.4, 0.5) is 0 Å². The van der Waals surface area contributed by atoms with Crippen LogP contribution >= 0.6 is 0 Å². The summed E-state index contributed by atoms with van der Waals surface area (Å²) in [5.41, 5.74) is 9.03. The molecule has 0 aliphatic heterocycles. The normalized spacial score (nSPS) is 10.2. The number of nitrogens with two attached hydrogens (primary N) is 1. The standard InChI is InChI=1S/C15H17NO2/c1-17-13-7-12(8-14(9-13)18-2)15-6-4-3-5-11(15)10-16/h3-9H,10,16H2,1-2H3. The van der Waals surface area contributed by atoms with Gasteiger partial charge in [0, 0.05) is 12.6 Å². The number of benzene rings is 2. The zero-order valence-electron chi connectivity index (χ0n) is 10.6. The zero-order chi connectivity index (χ0) is 13.0. The van der Waals surface area contributed by atoms with Gasteiger partial charge in [-0.25, -0.2) is 0 Å². The van der Waals surface area contributed by atoms with Crippen LogP contribution in [0.5, 0.6) is 11.5 Å². The highest BCUT2D eigenvalue weighted by molar-refractivity contribution is 5.70. The summed E-state index contributed by atoms with van der Waals surface area (Å²) in [6.45, 7) is 0.510. The minimum Gasteiger partial charge on any atom is -0.497 e. The second-order valence-corrected chi connectivity index (χ2v) is 3.96. The van der Waals surface area contributed by atoms with Crippen molar-refractivity contribution in [1.82, 2.24) is 0 Å².